The summed E-state index contributed by atoms with van der Waals surface area (Å²) < 4.78 is 33.6. The van der Waals surface area contributed by atoms with Crippen LogP contribution in [0.4, 0.5) is 10.1 Å². The molecule has 0 saturated heterocycles. The molecule has 2 aliphatic rings. The van der Waals surface area contributed by atoms with Crippen molar-refractivity contribution in [2.45, 2.75) is 31.7 Å². The maximum Gasteiger partial charge on any atom is 0.225 e. The van der Waals surface area contributed by atoms with E-state index in [-0.39, 0.29) is 24.1 Å². The van der Waals surface area contributed by atoms with Crippen LogP contribution in [0.1, 0.15) is 40.2 Å². The molecule has 0 spiro atoms. The first kappa shape index (κ1) is 26.1. The Morgan fingerprint density at radius 2 is 1.90 bits per heavy atom. The number of methoxy groups -OCH3 is 1. The van der Waals surface area contributed by atoms with Gasteiger partial charge in [0, 0.05) is 43.3 Å². The molecule has 5 aromatic rings. The van der Waals surface area contributed by atoms with Crippen LogP contribution in [0.15, 0.2) is 85.1 Å². The number of aromatic nitrogens is 1. The Bertz CT molecular complexity index is 1810. The SMILES string of the molecule is COc1ccc([C@H]2CC(=O)Nc3cccc4c3c2cn4Cc2cccc(F)c2)cc1OCCc1ccc2c(c1)CCO2. The minimum atomic E-state index is -0.257. The fraction of sp³-hybridized carbons (Fsp3) is 0.229. The van der Waals surface area contributed by atoms with Crippen molar-refractivity contribution in [3.05, 3.63) is 119 Å². The lowest BCUT2D eigenvalue weighted by molar-refractivity contribution is -0.116. The van der Waals surface area contributed by atoms with Crippen molar-refractivity contribution < 1.29 is 23.4 Å². The van der Waals surface area contributed by atoms with Crippen molar-refractivity contribution in [3.63, 3.8) is 0 Å². The summed E-state index contributed by atoms with van der Waals surface area (Å²) in [5.74, 6) is 1.77. The highest BCUT2D eigenvalue weighted by Gasteiger charge is 2.28. The highest BCUT2D eigenvalue weighted by atomic mass is 19.1. The quantitative estimate of drug-likeness (QED) is 0.224. The van der Waals surface area contributed by atoms with Gasteiger partial charge in [-0.25, -0.2) is 4.39 Å². The monoisotopic (exact) mass is 562 g/mol. The Balaban J connectivity index is 1.21. The van der Waals surface area contributed by atoms with Crippen LogP contribution in [0.2, 0.25) is 0 Å². The van der Waals surface area contributed by atoms with Gasteiger partial charge in [-0.3, -0.25) is 4.79 Å². The van der Waals surface area contributed by atoms with E-state index in [0.29, 0.717) is 24.7 Å². The van der Waals surface area contributed by atoms with Crippen LogP contribution in [-0.4, -0.2) is 30.8 Å². The molecule has 42 heavy (non-hydrogen) atoms. The molecule has 0 bridgehead atoms. The van der Waals surface area contributed by atoms with Gasteiger partial charge in [0.15, 0.2) is 11.5 Å². The van der Waals surface area contributed by atoms with Gasteiger partial charge in [-0.1, -0.05) is 36.4 Å². The Labute approximate surface area is 243 Å². The molecule has 0 radical (unpaired) electrons. The van der Waals surface area contributed by atoms with Crippen LogP contribution in [0.3, 0.4) is 0 Å². The topological polar surface area (TPSA) is 61.7 Å². The van der Waals surface area contributed by atoms with E-state index in [1.54, 1.807) is 19.2 Å². The first-order valence-corrected chi connectivity index (χ1v) is 14.3. The number of ether oxygens (including phenoxy) is 3. The number of anilines is 1. The Hall–Kier alpha value is -4.78. The number of hydrogen-bond acceptors (Lipinski definition) is 4. The molecule has 1 atom stereocenters. The van der Waals surface area contributed by atoms with Gasteiger partial charge in [0.1, 0.15) is 11.6 Å². The number of fused-ring (bicyclic) bond motifs is 1. The lowest BCUT2D eigenvalue weighted by atomic mass is 9.88. The number of nitrogens with one attached hydrogen (secondary N) is 1. The van der Waals surface area contributed by atoms with E-state index in [4.69, 9.17) is 14.2 Å². The highest BCUT2D eigenvalue weighted by Crippen LogP contribution is 2.43. The molecule has 7 heteroatoms. The fourth-order valence-electron chi connectivity index (χ4n) is 6.21. The molecule has 2 aliphatic heterocycles. The van der Waals surface area contributed by atoms with Gasteiger partial charge in [-0.05, 0) is 70.3 Å². The van der Waals surface area contributed by atoms with Crippen molar-refractivity contribution >= 4 is 22.5 Å². The number of carbonyl (C=O) groups is 1. The molecule has 0 saturated carbocycles. The van der Waals surface area contributed by atoms with Crippen LogP contribution >= 0.6 is 0 Å². The van der Waals surface area contributed by atoms with E-state index in [2.05, 4.69) is 28.2 Å². The van der Waals surface area contributed by atoms with Crippen molar-refractivity contribution in [2.75, 3.05) is 25.6 Å². The first-order chi connectivity index (χ1) is 20.6. The van der Waals surface area contributed by atoms with Crippen molar-refractivity contribution in [2.24, 2.45) is 0 Å². The van der Waals surface area contributed by atoms with E-state index in [0.717, 1.165) is 58.5 Å². The molecule has 4 aromatic carbocycles. The molecule has 1 N–H and O–H groups in total. The van der Waals surface area contributed by atoms with E-state index in [1.165, 1.54) is 17.2 Å². The highest BCUT2D eigenvalue weighted by molar-refractivity contribution is 6.06. The molecule has 0 fully saturated rings. The molecular formula is C35H31FN2O4. The minimum Gasteiger partial charge on any atom is -0.493 e. The average Bonchev–Trinajstić information content (AvgIpc) is 3.57. The molecule has 6 nitrogen and oxygen atoms in total. The first-order valence-electron chi connectivity index (χ1n) is 14.3. The third-order valence-electron chi connectivity index (χ3n) is 8.21. The van der Waals surface area contributed by atoms with Crippen LogP contribution in [-0.2, 0) is 24.2 Å². The van der Waals surface area contributed by atoms with E-state index < -0.39 is 0 Å². The smallest absolute Gasteiger partial charge is 0.225 e. The summed E-state index contributed by atoms with van der Waals surface area (Å²) in [4.78, 5) is 13.1. The van der Waals surface area contributed by atoms with Crippen LogP contribution in [0.5, 0.6) is 17.2 Å². The van der Waals surface area contributed by atoms with Gasteiger partial charge < -0.3 is 24.1 Å². The molecule has 3 heterocycles. The maximum absolute atomic E-state index is 14.0. The third kappa shape index (κ3) is 4.96. The molecule has 0 unspecified atom stereocenters. The second-order valence-corrected chi connectivity index (χ2v) is 10.9. The summed E-state index contributed by atoms with van der Waals surface area (Å²) in [6.45, 7) is 1.75. The lowest BCUT2D eigenvalue weighted by Crippen LogP contribution is -2.14. The zero-order valence-corrected chi connectivity index (χ0v) is 23.4. The fourth-order valence-corrected chi connectivity index (χ4v) is 6.21. The number of amides is 1. The van der Waals surface area contributed by atoms with E-state index >= 15 is 0 Å². The summed E-state index contributed by atoms with van der Waals surface area (Å²) >= 11 is 0. The Morgan fingerprint density at radius 1 is 1.00 bits per heavy atom. The molecule has 1 amide bonds. The zero-order valence-electron chi connectivity index (χ0n) is 23.4. The predicted octanol–water partition coefficient (Wildman–Crippen LogP) is 6.87. The Kier molecular flexibility index (Phi) is 6.78. The third-order valence-corrected chi connectivity index (χ3v) is 8.21. The van der Waals surface area contributed by atoms with Gasteiger partial charge >= 0.3 is 0 Å². The summed E-state index contributed by atoms with van der Waals surface area (Å²) in [6, 6.07) is 24.8. The number of nitrogens with zero attached hydrogens (tertiary/aromatic N) is 1. The maximum atomic E-state index is 14.0. The molecule has 7 rings (SSSR count). The van der Waals surface area contributed by atoms with Gasteiger partial charge in [0.25, 0.3) is 0 Å². The minimum absolute atomic E-state index is 0.0424. The Morgan fingerprint density at radius 3 is 2.79 bits per heavy atom. The number of carbonyl (C=O) groups excluding carboxylic acids is 1. The molecular weight excluding hydrogens is 531 g/mol. The van der Waals surface area contributed by atoms with Gasteiger partial charge in [0.05, 0.1) is 31.5 Å². The van der Waals surface area contributed by atoms with Crippen LogP contribution in [0.25, 0.3) is 10.9 Å². The van der Waals surface area contributed by atoms with Crippen molar-refractivity contribution in [1.29, 1.82) is 0 Å². The number of rotatable bonds is 8. The van der Waals surface area contributed by atoms with Crippen LogP contribution < -0.4 is 19.5 Å². The van der Waals surface area contributed by atoms with Crippen LogP contribution in [0, 0.1) is 5.82 Å². The molecule has 1 aromatic heterocycles. The van der Waals surface area contributed by atoms with Crippen molar-refractivity contribution in [3.8, 4) is 17.2 Å². The number of benzene rings is 4. The van der Waals surface area contributed by atoms with Gasteiger partial charge in [-0.2, -0.15) is 0 Å². The summed E-state index contributed by atoms with van der Waals surface area (Å²) in [5.41, 5.74) is 7.12. The van der Waals surface area contributed by atoms with Gasteiger partial charge in [-0.15, -0.1) is 0 Å². The molecule has 0 aliphatic carbocycles. The number of halogens is 1. The zero-order chi connectivity index (χ0) is 28.6. The average molecular weight is 563 g/mol. The lowest BCUT2D eigenvalue weighted by Gasteiger charge is -2.18. The van der Waals surface area contributed by atoms with Crippen molar-refractivity contribution in [1.82, 2.24) is 4.57 Å². The number of hydrogen-bond donors (Lipinski definition) is 1. The summed E-state index contributed by atoms with van der Waals surface area (Å²) in [7, 11) is 1.63. The standard InChI is InChI=1S/C35H31FN2O4/c1-40-32-11-9-24(18-33(32)42-14-12-22-8-10-31-25(16-22)13-15-41-31)27-19-34(39)37-29-6-3-7-30-35(29)28(27)21-38(30)20-23-4-2-5-26(36)17-23/h2-11,16-18,21,27H,12-15,19-20H2,1H3,(H,37,39)/t27-/m1/s1. The largest absolute Gasteiger partial charge is 0.493 e. The predicted molar refractivity (Wildman–Crippen MR) is 160 cm³/mol. The molecule has 212 valence electrons. The van der Waals surface area contributed by atoms with E-state index in [9.17, 15) is 9.18 Å². The second kappa shape index (κ2) is 10.9. The second-order valence-electron chi connectivity index (χ2n) is 10.9. The normalized spacial score (nSPS) is 15.6. The van der Waals surface area contributed by atoms with E-state index in [1.807, 2.05) is 48.5 Å². The summed E-state index contributed by atoms with van der Waals surface area (Å²) in [5, 5.41) is 4.11. The summed E-state index contributed by atoms with van der Waals surface area (Å²) in [6.07, 6.45) is 4.09. The van der Waals surface area contributed by atoms with Gasteiger partial charge in [0.2, 0.25) is 5.91 Å².